The van der Waals surface area contributed by atoms with Gasteiger partial charge < -0.3 is 4.74 Å². The molecular formula is C15H32O. The molecule has 0 bridgehead atoms. The number of methoxy groups -OCH3 is 1. The van der Waals surface area contributed by atoms with E-state index in [0.29, 0.717) is 0 Å². The third-order valence-corrected chi connectivity index (χ3v) is 3.61. The molecule has 1 unspecified atom stereocenters. The fourth-order valence-corrected chi connectivity index (χ4v) is 2.51. The van der Waals surface area contributed by atoms with Crippen molar-refractivity contribution in [2.75, 3.05) is 7.11 Å². The molecule has 16 heavy (non-hydrogen) atoms. The van der Waals surface area contributed by atoms with E-state index in [-0.39, 0.29) is 5.60 Å². The number of hydrogen-bond donors (Lipinski definition) is 0. The lowest BCUT2D eigenvalue weighted by atomic mass is 9.86. The first-order chi connectivity index (χ1) is 7.74. The Morgan fingerprint density at radius 1 is 0.688 bits per heavy atom. The summed E-state index contributed by atoms with van der Waals surface area (Å²) in [4.78, 5) is 0. The van der Waals surface area contributed by atoms with Crippen LogP contribution >= 0.6 is 0 Å². The monoisotopic (exact) mass is 228 g/mol. The summed E-state index contributed by atoms with van der Waals surface area (Å²) in [5.41, 5.74) is 0.193. The molecule has 1 atom stereocenters. The third kappa shape index (κ3) is 6.52. The lowest BCUT2D eigenvalue weighted by molar-refractivity contribution is -0.0350. The van der Waals surface area contributed by atoms with Crippen LogP contribution in [0.1, 0.15) is 85.0 Å². The highest BCUT2D eigenvalue weighted by atomic mass is 16.5. The highest BCUT2D eigenvalue weighted by Crippen LogP contribution is 2.30. The van der Waals surface area contributed by atoms with Crippen LogP contribution in [0.5, 0.6) is 0 Å². The summed E-state index contributed by atoms with van der Waals surface area (Å²) in [6.07, 6.45) is 13.0. The van der Waals surface area contributed by atoms with Gasteiger partial charge in [0.05, 0.1) is 5.60 Å². The number of rotatable bonds is 11. The molecule has 0 amide bonds. The van der Waals surface area contributed by atoms with Crippen molar-refractivity contribution in [3.8, 4) is 0 Å². The van der Waals surface area contributed by atoms with Crippen molar-refractivity contribution >= 4 is 0 Å². The van der Waals surface area contributed by atoms with Gasteiger partial charge in [-0.15, -0.1) is 0 Å². The van der Waals surface area contributed by atoms with Crippen LogP contribution in [0.4, 0.5) is 0 Å². The van der Waals surface area contributed by atoms with E-state index >= 15 is 0 Å². The fraction of sp³-hybridized carbons (Fsp3) is 1.00. The van der Waals surface area contributed by atoms with Crippen LogP contribution in [0.15, 0.2) is 0 Å². The molecule has 1 heteroatoms. The maximum atomic E-state index is 5.86. The van der Waals surface area contributed by atoms with E-state index in [1.54, 1.807) is 0 Å². The highest BCUT2D eigenvalue weighted by Gasteiger charge is 2.27. The third-order valence-electron chi connectivity index (χ3n) is 3.61. The Kier molecular flexibility index (Phi) is 10.1. The second kappa shape index (κ2) is 10.1. The van der Waals surface area contributed by atoms with E-state index in [1.165, 1.54) is 64.2 Å². The van der Waals surface area contributed by atoms with Crippen molar-refractivity contribution in [2.45, 2.75) is 90.6 Å². The molecule has 1 nitrogen and oxygen atoms in total. The molecule has 0 aromatic rings. The molecule has 0 radical (unpaired) electrons. The predicted octanol–water partition coefficient (Wildman–Crippen LogP) is 5.33. The van der Waals surface area contributed by atoms with Crippen molar-refractivity contribution in [1.82, 2.24) is 0 Å². The smallest absolute Gasteiger partial charge is 0.0678 e. The van der Waals surface area contributed by atoms with Crippen molar-refractivity contribution in [1.29, 1.82) is 0 Å². The second-order valence-electron chi connectivity index (χ2n) is 5.05. The first kappa shape index (κ1) is 16.0. The molecule has 0 aromatic carbocycles. The van der Waals surface area contributed by atoms with Gasteiger partial charge in [-0.3, -0.25) is 0 Å². The van der Waals surface area contributed by atoms with Crippen LogP contribution in [0.25, 0.3) is 0 Å². The molecule has 0 saturated carbocycles. The minimum Gasteiger partial charge on any atom is -0.378 e. The molecule has 98 valence electrons. The topological polar surface area (TPSA) is 9.23 Å². The zero-order chi connectivity index (χ0) is 12.3. The zero-order valence-electron chi connectivity index (χ0n) is 12.0. The minimum atomic E-state index is 0.193. The van der Waals surface area contributed by atoms with Gasteiger partial charge in [-0.05, 0) is 19.3 Å². The summed E-state index contributed by atoms with van der Waals surface area (Å²) >= 11 is 0. The van der Waals surface area contributed by atoms with E-state index in [9.17, 15) is 0 Å². The molecule has 0 aliphatic rings. The standard InChI is InChI=1S/C15H32O/c1-5-8-10-11-14-15(16-4,12-7-3)13-9-6-2/h5-14H2,1-4H3. The Hall–Kier alpha value is -0.0400. The SMILES string of the molecule is CCCCCCC(CCC)(CCCC)OC. The number of ether oxygens (including phenoxy) is 1. The van der Waals surface area contributed by atoms with Crippen LogP contribution in [0.2, 0.25) is 0 Å². The van der Waals surface area contributed by atoms with Crippen molar-refractivity contribution in [3.05, 3.63) is 0 Å². The summed E-state index contributed by atoms with van der Waals surface area (Å²) in [6, 6.07) is 0. The summed E-state index contributed by atoms with van der Waals surface area (Å²) < 4.78 is 5.86. The molecule has 0 heterocycles. The molecular weight excluding hydrogens is 196 g/mol. The maximum Gasteiger partial charge on any atom is 0.0678 e. The fourth-order valence-electron chi connectivity index (χ4n) is 2.51. The van der Waals surface area contributed by atoms with Gasteiger partial charge in [-0.25, -0.2) is 0 Å². The lowest BCUT2D eigenvalue weighted by Crippen LogP contribution is -2.31. The maximum absolute atomic E-state index is 5.86. The van der Waals surface area contributed by atoms with E-state index in [2.05, 4.69) is 20.8 Å². The summed E-state index contributed by atoms with van der Waals surface area (Å²) in [5.74, 6) is 0. The molecule has 0 N–H and O–H groups in total. The molecule has 0 aliphatic carbocycles. The molecule has 0 spiro atoms. The van der Waals surface area contributed by atoms with Gasteiger partial charge in [0, 0.05) is 7.11 Å². The summed E-state index contributed by atoms with van der Waals surface area (Å²) in [7, 11) is 1.91. The van der Waals surface area contributed by atoms with Gasteiger partial charge in [0.15, 0.2) is 0 Å². The van der Waals surface area contributed by atoms with E-state index in [1.807, 2.05) is 7.11 Å². The van der Waals surface area contributed by atoms with Crippen LogP contribution < -0.4 is 0 Å². The van der Waals surface area contributed by atoms with Crippen LogP contribution in [0.3, 0.4) is 0 Å². The molecule has 0 saturated heterocycles. The van der Waals surface area contributed by atoms with Gasteiger partial charge in [-0.2, -0.15) is 0 Å². The minimum absolute atomic E-state index is 0.193. The number of hydrogen-bond acceptors (Lipinski definition) is 1. The van der Waals surface area contributed by atoms with Gasteiger partial charge in [-0.1, -0.05) is 65.7 Å². The molecule has 0 fully saturated rings. The van der Waals surface area contributed by atoms with Crippen LogP contribution in [0, 0.1) is 0 Å². The van der Waals surface area contributed by atoms with E-state index < -0.39 is 0 Å². The Labute approximate surface area is 103 Å². The van der Waals surface area contributed by atoms with E-state index in [4.69, 9.17) is 4.74 Å². The summed E-state index contributed by atoms with van der Waals surface area (Å²) in [6.45, 7) is 6.81. The van der Waals surface area contributed by atoms with Gasteiger partial charge in [0.25, 0.3) is 0 Å². The quantitative estimate of drug-likeness (QED) is 0.434. The Morgan fingerprint density at radius 2 is 1.31 bits per heavy atom. The highest BCUT2D eigenvalue weighted by molar-refractivity contribution is 4.80. The Bertz CT molecular complexity index is 144. The van der Waals surface area contributed by atoms with Gasteiger partial charge in [0.1, 0.15) is 0 Å². The van der Waals surface area contributed by atoms with Gasteiger partial charge in [0.2, 0.25) is 0 Å². The van der Waals surface area contributed by atoms with Crippen LogP contribution in [-0.2, 0) is 4.74 Å². The molecule has 0 rings (SSSR count). The predicted molar refractivity (Wildman–Crippen MR) is 72.9 cm³/mol. The van der Waals surface area contributed by atoms with Crippen molar-refractivity contribution in [3.63, 3.8) is 0 Å². The van der Waals surface area contributed by atoms with Gasteiger partial charge >= 0.3 is 0 Å². The lowest BCUT2D eigenvalue weighted by Gasteiger charge is -2.32. The average Bonchev–Trinajstić information content (AvgIpc) is 2.31. The van der Waals surface area contributed by atoms with E-state index in [0.717, 1.165) is 0 Å². The first-order valence-corrected chi connectivity index (χ1v) is 7.29. The Morgan fingerprint density at radius 3 is 1.81 bits per heavy atom. The second-order valence-corrected chi connectivity index (χ2v) is 5.05. The molecule has 0 aromatic heterocycles. The largest absolute Gasteiger partial charge is 0.378 e. The Balaban J connectivity index is 4.04. The average molecular weight is 228 g/mol. The zero-order valence-corrected chi connectivity index (χ0v) is 12.0. The first-order valence-electron chi connectivity index (χ1n) is 7.29. The summed E-state index contributed by atoms with van der Waals surface area (Å²) in [5, 5.41) is 0. The van der Waals surface area contributed by atoms with Crippen molar-refractivity contribution in [2.24, 2.45) is 0 Å². The number of unbranched alkanes of at least 4 members (excludes halogenated alkanes) is 4. The van der Waals surface area contributed by atoms with Crippen molar-refractivity contribution < 1.29 is 4.74 Å². The van der Waals surface area contributed by atoms with Crippen LogP contribution in [-0.4, -0.2) is 12.7 Å². The molecule has 0 aliphatic heterocycles. The normalized spacial score (nSPS) is 15.0.